The van der Waals surface area contributed by atoms with Gasteiger partial charge < -0.3 is 5.32 Å². The summed E-state index contributed by atoms with van der Waals surface area (Å²) in [6.07, 6.45) is 4.06. The highest BCUT2D eigenvalue weighted by Gasteiger charge is 2.28. The Morgan fingerprint density at radius 2 is 2.00 bits per heavy atom. The van der Waals surface area contributed by atoms with Crippen molar-refractivity contribution < 1.29 is 0 Å². The maximum atomic E-state index is 3.52. The standard InChI is InChI=1S/C13H17N/c1-9-11-3-2-4-12(10-5-6-10)13(11)7-8-14-9/h2-4,9-10,14H,5-8H2,1H3. The monoisotopic (exact) mass is 187 g/mol. The second-order valence-corrected chi connectivity index (χ2v) is 4.62. The molecule has 3 rings (SSSR count). The Hall–Kier alpha value is -0.820. The van der Waals surface area contributed by atoms with E-state index in [-0.39, 0.29) is 0 Å². The average molecular weight is 187 g/mol. The van der Waals surface area contributed by atoms with E-state index in [1.165, 1.54) is 19.3 Å². The fraction of sp³-hybridized carbons (Fsp3) is 0.538. The van der Waals surface area contributed by atoms with Crippen molar-refractivity contribution in [3.63, 3.8) is 0 Å². The summed E-state index contributed by atoms with van der Waals surface area (Å²) in [7, 11) is 0. The van der Waals surface area contributed by atoms with E-state index in [0.29, 0.717) is 6.04 Å². The predicted octanol–water partition coefficient (Wildman–Crippen LogP) is 2.77. The van der Waals surface area contributed by atoms with Gasteiger partial charge in [-0.3, -0.25) is 0 Å². The Morgan fingerprint density at radius 1 is 1.21 bits per heavy atom. The van der Waals surface area contributed by atoms with Crippen LogP contribution in [-0.4, -0.2) is 6.54 Å². The third-order valence-electron chi connectivity index (χ3n) is 3.56. The Morgan fingerprint density at radius 3 is 2.79 bits per heavy atom. The summed E-state index contributed by atoms with van der Waals surface area (Å²) in [5.74, 6) is 0.898. The molecule has 1 aliphatic carbocycles. The normalized spacial score (nSPS) is 25.9. The molecule has 1 saturated carbocycles. The summed E-state index contributed by atoms with van der Waals surface area (Å²) in [4.78, 5) is 0. The van der Waals surface area contributed by atoms with Crippen LogP contribution in [0.15, 0.2) is 18.2 Å². The molecule has 1 aromatic carbocycles. The molecule has 1 heterocycles. The van der Waals surface area contributed by atoms with Crippen molar-refractivity contribution in [2.45, 2.75) is 38.1 Å². The maximum absolute atomic E-state index is 3.52. The fourth-order valence-corrected chi connectivity index (χ4v) is 2.62. The summed E-state index contributed by atoms with van der Waals surface area (Å²) in [6.45, 7) is 3.42. The van der Waals surface area contributed by atoms with Crippen molar-refractivity contribution in [3.8, 4) is 0 Å². The number of hydrogen-bond donors (Lipinski definition) is 1. The molecular weight excluding hydrogens is 170 g/mol. The molecule has 0 amide bonds. The molecule has 74 valence electrons. The van der Waals surface area contributed by atoms with Crippen LogP contribution in [-0.2, 0) is 6.42 Å². The van der Waals surface area contributed by atoms with Crippen LogP contribution in [0.25, 0.3) is 0 Å². The summed E-state index contributed by atoms with van der Waals surface area (Å²) < 4.78 is 0. The lowest BCUT2D eigenvalue weighted by Crippen LogP contribution is -2.28. The summed E-state index contributed by atoms with van der Waals surface area (Å²) >= 11 is 0. The lowest BCUT2D eigenvalue weighted by molar-refractivity contribution is 0.538. The van der Waals surface area contributed by atoms with Crippen LogP contribution in [0.2, 0.25) is 0 Å². The molecule has 14 heavy (non-hydrogen) atoms. The van der Waals surface area contributed by atoms with Crippen LogP contribution in [0, 0.1) is 0 Å². The molecular formula is C13H17N. The van der Waals surface area contributed by atoms with E-state index >= 15 is 0 Å². The summed E-state index contributed by atoms with van der Waals surface area (Å²) in [5.41, 5.74) is 4.85. The van der Waals surface area contributed by atoms with Crippen molar-refractivity contribution in [2.24, 2.45) is 0 Å². The molecule has 1 N–H and O–H groups in total. The van der Waals surface area contributed by atoms with Gasteiger partial charge in [-0.05, 0) is 55.3 Å². The number of hydrogen-bond acceptors (Lipinski definition) is 1. The van der Waals surface area contributed by atoms with Crippen LogP contribution >= 0.6 is 0 Å². The van der Waals surface area contributed by atoms with Gasteiger partial charge >= 0.3 is 0 Å². The largest absolute Gasteiger partial charge is 0.310 e. The van der Waals surface area contributed by atoms with Crippen LogP contribution < -0.4 is 5.32 Å². The zero-order chi connectivity index (χ0) is 9.54. The van der Waals surface area contributed by atoms with E-state index in [0.717, 1.165) is 12.5 Å². The Bertz CT molecular complexity index is 338. The first-order valence-corrected chi connectivity index (χ1v) is 5.71. The summed E-state index contributed by atoms with van der Waals surface area (Å²) in [6, 6.07) is 7.42. The molecule has 1 fully saturated rings. The fourth-order valence-electron chi connectivity index (χ4n) is 2.62. The molecule has 1 atom stereocenters. The van der Waals surface area contributed by atoms with E-state index in [1.54, 1.807) is 16.7 Å². The number of nitrogens with one attached hydrogen (secondary N) is 1. The minimum Gasteiger partial charge on any atom is -0.310 e. The van der Waals surface area contributed by atoms with Gasteiger partial charge in [0.15, 0.2) is 0 Å². The van der Waals surface area contributed by atoms with Crippen LogP contribution in [0.5, 0.6) is 0 Å². The zero-order valence-corrected chi connectivity index (χ0v) is 8.72. The Kier molecular flexibility index (Phi) is 1.88. The van der Waals surface area contributed by atoms with E-state index in [4.69, 9.17) is 0 Å². The van der Waals surface area contributed by atoms with Gasteiger partial charge in [-0.25, -0.2) is 0 Å². The molecule has 1 unspecified atom stereocenters. The first-order valence-electron chi connectivity index (χ1n) is 5.71. The smallest absolute Gasteiger partial charge is 0.0294 e. The topological polar surface area (TPSA) is 12.0 Å². The number of rotatable bonds is 1. The summed E-state index contributed by atoms with van der Waals surface area (Å²) in [5, 5.41) is 3.52. The van der Waals surface area contributed by atoms with Gasteiger partial charge in [0, 0.05) is 6.04 Å². The Balaban J connectivity index is 2.09. The first kappa shape index (κ1) is 8.49. The second-order valence-electron chi connectivity index (χ2n) is 4.62. The van der Waals surface area contributed by atoms with E-state index in [9.17, 15) is 0 Å². The molecule has 0 saturated heterocycles. The van der Waals surface area contributed by atoms with E-state index in [1.807, 2.05) is 0 Å². The quantitative estimate of drug-likeness (QED) is 0.713. The van der Waals surface area contributed by atoms with Crippen LogP contribution in [0.3, 0.4) is 0 Å². The third-order valence-corrected chi connectivity index (χ3v) is 3.56. The molecule has 0 spiro atoms. The second kappa shape index (κ2) is 3.09. The predicted molar refractivity (Wildman–Crippen MR) is 58.5 cm³/mol. The molecule has 1 nitrogen and oxygen atoms in total. The molecule has 2 aliphatic rings. The third kappa shape index (κ3) is 1.27. The lowest BCUT2D eigenvalue weighted by atomic mass is 9.89. The first-order chi connectivity index (χ1) is 6.86. The molecule has 1 aromatic rings. The average Bonchev–Trinajstić information content (AvgIpc) is 3.01. The minimum absolute atomic E-state index is 0.553. The van der Waals surface area contributed by atoms with Crippen molar-refractivity contribution in [1.29, 1.82) is 0 Å². The van der Waals surface area contributed by atoms with Gasteiger partial charge in [0.25, 0.3) is 0 Å². The van der Waals surface area contributed by atoms with Crippen molar-refractivity contribution in [2.75, 3.05) is 6.54 Å². The van der Waals surface area contributed by atoms with Gasteiger partial charge in [0.05, 0.1) is 0 Å². The molecule has 1 heteroatoms. The van der Waals surface area contributed by atoms with Gasteiger partial charge in [-0.15, -0.1) is 0 Å². The van der Waals surface area contributed by atoms with Gasteiger partial charge in [-0.1, -0.05) is 18.2 Å². The number of benzene rings is 1. The van der Waals surface area contributed by atoms with Gasteiger partial charge in [0.1, 0.15) is 0 Å². The van der Waals surface area contributed by atoms with Crippen molar-refractivity contribution in [3.05, 3.63) is 34.9 Å². The molecule has 0 aromatic heterocycles. The lowest BCUT2D eigenvalue weighted by Gasteiger charge is -2.26. The highest BCUT2D eigenvalue weighted by Crippen LogP contribution is 2.43. The molecule has 0 bridgehead atoms. The maximum Gasteiger partial charge on any atom is 0.0294 e. The Labute approximate surface area is 85.5 Å². The highest BCUT2D eigenvalue weighted by atomic mass is 14.9. The number of fused-ring (bicyclic) bond motifs is 1. The van der Waals surface area contributed by atoms with E-state index in [2.05, 4.69) is 30.4 Å². The minimum atomic E-state index is 0.553. The van der Waals surface area contributed by atoms with Gasteiger partial charge in [0.2, 0.25) is 0 Å². The SMILES string of the molecule is CC1NCCc2c(C3CC3)cccc21. The van der Waals surface area contributed by atoms with Gasteiger partial charge in [-0.2, -0.15) is 0 Å². The van der Waals surface area contributed by atoms with Crippen molar-refractivity contribution in [1.82, 2.24) is 5.32 Å². The van der Waals surface area contributed by atoms with Crippen LogP contribution in [0.4, 0.5) is 0 Å². The van der Waals surface area contributed by atoms with E-state index < -0.39 is 0 Å². The van der Waals surface area contributed by atoms with Crippen molar-refractivity contribution >= 4 is 0 Å². The highest BCUT2D eigenvalue weighted by molar-refractivity contribution is 5.42. The molecule has 1 aliphatic heterocycles. The molecule has 0 radical (unpaired) electrons. The zero-order valence-electron chi connectivity index (χ0n) is 8.72. The van der Waals surface area contributed by atoms with Crippen LogP contribution in [0.1, 0.15) is 48.4 Å².